The summed E-state index contributed by atoms with van der Waals surface area (Å²) in [6.07, 6.45) is 0.891. The minimum absolute atomic E-state index is 0.134. The highest BCUT2D eigenvalue weighted by Gasteiger charge is 2.11. The van der Waals surface area contributed by atoms with E-state index in [2.05, 4.69) is 15.9 Å². The Kier molecular flexibility index (Phi) is 3.74. The van der Waals surface area contributed by atoms with Gasteiger partial charge >= 0.3 is 0 Å². The van der Waals surface area contributed by atoms with Crippen molar-refractivity contribution in [3.63, 3.8) is 0 Å². The zero-order chi connectivity index (χ0) is 10.0. The molecule has 0 amide bonds. The number of hydrogen-bond acceptors (Lipinski definition) is 0. The second-order valence-corrected chi connectivity index (χ2v) is 4.51. The van der Waals surface area contributed by atoms with E-state index in [0.29, 0.717) is 10.6 Å². The molecule has 0 aliphatic carbocycles. The lowest BCUT2D eigenvalue weighted by Gasteiger charge is -2.10. The first-order valence-corrected chi connectivity index (χ1v) is 5.45. The van der Waals surface area contributed by atoms with E-state index in [-0.39, 0.29) is 10.6 Å². The van der Waals surface area contributed by atoms with Crippen LogP contribution in [0.3, 0.4) is 0 Å². The molecule has 1 atom stereocenters. The Balaban J connectivity index is 3.15. The molecule has 1 unspecified atom stereocenters. The molecule has 0 fully saturated rings. The van der Waals surface area contributed by atoms with Crippen molar-refractivity contribution in [2.45, 2.75) is 25.1 Å². The Morgan fingerprint density at radius 2 is 2.15 bits per heavy atom. The van der Waals surface area contributed by atoms with Crippen molar-refractivity contribution in [2.75, 3.05) is 0 Å². The fourth-order valence-electron chi connectivity index (χ4n) is 1.12. The molecule has 0 heterocycles. The summed E-state index contributed by atoms with van der Waals surface area (Å²) < 4.78 is 13.2. The lowest BCUT2D eigenvalue weighted by Crippen LogP contribution is -1.93. The summed E-state index contributed by atoms with van der Waals surface area (Å²) in [5.74, 6) is -0.197. The first kappa shape index (κ1) is 11.0. The van der Waals surface area contributed by atoms with Crippen LogP contribution in [0.2, 0.25) is 5.02 Å². The van der Waals surface area contributed by atoms with E-state index in [1.54, 1.807) is 13.0 Å². The monoisotopic (exact) mass is 264 g/mol. The Morgan fingerprint density at radius 3 is 2.69 bits per heavy atom. The molecule has 0 N–H and O–H groups in total. The highest BCUT2D eigenvalue weighted by Crippen LogP contribution is 2.33. The van der Waals surface area contributed by atoms with Crippen LogP contribution in [0.15, 0.2) is 12.1 Å². The van der Waals surface area contributed by atoms with Crippen LogP contribution in [0.4, 0.5) is 4.39 Å². The van der Waals surface area contributed by atoms with Gasteiger partial charge in [-0.05, 0) is 36.6 Å². The molecule has 0 saturated carbocycles. The minimum atomic E-state index is -0.197. The van der Waals surface area contributed by atoms with Crippen LogP contribution in [0.25, 0.3) is 0 Å². The third-order valence-corrected chi connectivity index (χ3v) is 3.44. The summed E-state index contributed by atoms with van der Waals surface area (Å²) in [5, 5.41) is 0.627. The smallest absolute Gasteiger partial charge is 0.126 e. The van der Waals surface area contributed by atoms with E-state index in [0.717, 1.165) is 12.0 Å². The molecule has 3 heteroatoms. The van der Waals surface area contributed by atoms with Crippen molar-refractivity contribution in [3.05, 3.63) is 34.1 Å². The van der Waals surface area contributed by atoms with Gasteiger partial charge in [-0.25, -0.2) is 4.39 Å². The van der Waals surface area contributed by atoms with Crippen molar-refractivity contribution < 1.29 is 4.39 Å². The van der Waals surface area contributed by atoms with Gasteiger partial charge in [0.2, 0.25) is 0 Å². The number of aryl methyl sites for hydroxylation is 1. The van der Waals surface area contributed by atoms with Gasteiger partial charge in [0, 0.05) is 9.85 Å². The van der Waals surface area contributed by atoms with Crippen molar-refractivity contribution in [1.82, 2.24) is 0 Å². The van der Waals surface area contributed by atoms with E-state index in [9.17, 15) is 4.39 Å². The van der Waals surface area contributed by atoms with Crippen LogP contribution in [-0.4, -0.2) is 0 Å². The molecule has 0 spiro atoms. The second-order valence-electron chi connectivity index (χ2n) is 3.00. The standard InChI is InChI=1S/C10H11BrClF/c1-3-8(11)7-5-10(13)6(2)4-9(7)12/h4-5,8H,3H2,1-2H3. The molecule has 0 aliphatic heterocycles. The fourth-order valence-corrected chi connectivity index (χ4v) is 1.98. The van der Waals surface area contributed by atoms with Gasteiger partial charge in [-0.15, -0.1) is 0 Å². The summed E-state index contributed by atoms with van der Waals surface area (Å²) >= 11 is 9.42. The normalized spacial score (nSPS) is 13.0. The molecule has 0 aromatic heterocycles. The summed E-state index contributed by atoms with van der Waals surface area (Å²) in [6, 6.07) is 3.16. The van der Waals surface area contributed by atoms with Crippen LogP contribution in [0.5, 0.6) is 0 Å². The van der Waals surface area contributed by atoms with Crippen molar-refractivity contribution >= 4 is 27.5 Å². The SMILES string of the molecule is CCC(Br)c1cc(F)c(C)cc1Cl. The maximum Gasteiger partial charge on any atom is 0.126 e. The molecule has 0 saturated heterocycles. The topological polar surface area (TPSA) is 0 Å². The zero-order valence-electron chi connectivity index (χ0n) is 7.57. The Morgan fingerprint density at radius 1 is 1.54 bits per heavy atom. The molecule has 0 radical (unpaired) electrons. The van der Waals surface area contributed by atoms with Crippen molar-refractivity contribution in [2.24, 2.45) is 0 Å². The predicted molar refractivity (Wildman–Crippen MR) is 58.1 cm³/mol. The third kappa shape index (κ3) is 2.44. The first-order chi connectivity index (χ1) is 6.06. The molecule has 0 aliphatic rings. The van der Waals surface area contributed by atoms with E-state index in [1.165, 1.54) is 6.07 Å². The molecule has 1 aromatic rings. The average Bonchev–Trinajstić information content (AvgIpc) is 2.10. The van der Waals surface area contributed by atoms with E-state index in [1.807, 2.05) is 6.92 Å². The van der Waals surface area contributed by atoms with E-state index >= 15 is 0 Å². The summed E-state index contributed by atoms with van der Waals surface area (Å²) in [4.78, 5) is 0.134. The van der Waals surface area contributed by atoms with Crippen LogP contribution >= 0.6 is 27.5 Å². The van der Waals surface area contributed by atoms with Crippen molar-refractivity contribution in [1.29, 1.82) is 0 Å². The largest absolute Gasteiger partial charge is 0.207 e. The molecule has 0 nitrogen and oxygen atoms in total. The Bertz CT molecular complexity index is 312. The van der Waals surface area contributed by atoms with Crippen molar-refractivity contribution in [3.8, 4) is 0 Å². The van der Waals surface area contributed by atoms with Gasteiger partial charge in [0.1, 0.15) is 5.82 Å². The van der Waals surface area contributed by atoms with E-state index < -0.39 is 0 Å². The highest BCUT2D eigenvalue weighted by atomic mass is 79.9. The molecular weight excluding hydrogens is 254 g/mol. The second kappa shape index (κ2) is 4.43. The highest BCUT2D eigenvalue weighted by molar-refractivity contribution is 9.09. The van der Waals surface area contributed by atoms with Crippen LogP contribution in [0, 0.1) is 12.7 Å². The zero-order valence-corrected chi connectivity index (χ0v) is 9.91. The molecular formula is C10H11BrClF. The summed E-state index contributed by atoms with van der Waals surface area (Å²) in [6.45, 7) is 3.73. The quantitative estimate of drug-likeness (QED) is 0.684. The number of alkyl halides is 1. The Hall–Kier alpha value is -0.0800. The lowest BCUT2D eigenvalue weighted by molar-refractivity contribution is 0.615. The van der Waals surface area contributed by atoms with Gasteiger partial charge in [-0.2, -0.15) is 0 Å². The van der Waals surface area contributed by atoms with E-state index in [4.69, 9.17) is 11.6 Å². The average molecular weight is 266 g/mol. The third-order valence-electron chi connectivity index (χ3n) is 1.97. The van der Waals surface area contributed by atoms with Gasteiger partial charge in [-0.1, -0.05) is 34.5 Å². The Labute approximate surface area is 91.2 Å². The number of benzene rings is 1. The first-order valence-electron chi connectivity index (χ1n) is 4.15. The maximum absolute atomic E-state index is 13.2. The number of rotatable bonds is 2. The molecule has 0 bridgehead atoms. The van der Waals surface area contributed by atoms with Gasteiger partial charge < -0.3 is 0 Å². The van der Waals surface area contributed by atoms with Gasteiger partial charge in [0.05, 0.1) is 0 Å². The van der Waals surface area contributed by atoms with Crippen LogP contribution in [-0.2, 0) is 0 Å². The lowest BCUT2D eigenvalue weighted by atomic mass is 10.1. The number of hydrogen-bond donors (Lipinski definition) is 0. The predicted octanol–water partition coefficient (Wildman–Crippen LogP) is 4.63. The fraction of sp³-hybridized carbons (Fsp3) is 0.400. The minimum Gasteiger partial charge on any atom is -0.207 e. The molecule has 13 heavy (non-hydrogen) atoms. The molecule has 1 rings (SSSR count). The summed E-state index contributed by atoms with van der Waals surface area (Å²) in [5.41, 5.74) is 1.41. The number of halogens is 3. The maximum atomic E-state index is 13.2. The molecule has 1 aromatic carbocycles. The van der Waals surface area contributed by atoms with Gasteiger partial charge in [0.25, 0.3) is 0 Å². The van der Waals surface area contributed by atoms with Crippen LogP contribution in [0.1, 0.15) is 29.3 Å². The molecule has 72 valence electrons. The van der Waals surface area contributed by atoms with Gasteiger partial charge in [-0.3, -0.25) is 0 Å². The van der Waals surface area contributed by atoms with Crippen LogP contribution < -0.4 is 0 Å². The summed E-state index contributed by atoms with van der Waals surface area (Å²) in [7, 11) is 0. The van der Waals surface area contributed by atoms with Gasteiger partial charge in [0.15, 0.2) is 0 Å².